The van der Waals surface area contributed by atoms with Crippen molar-refractivity contribution in [3.63, 3.8) is 0 Å². The summed E-state index contributed by atoms with van der Waals surface area (Å²) in [7, 11) is 0. The van der Waals surface area contributed by atoms with Crippen molar-refractivity contribution in [3.05, 3.63) is 34.9 Å². The van der Waals surface area contributed by atoms with Gasteiger partial charge in [-0.05, 0) is 50.3 Å². The summed E-state index contributed by atoms with van der Waals surface area (Å²) in [6.45, 7) is 2.85. The molecule has 21 heavy (non-hydrogen) atoms. The van der Waals surface area contributed by atoms with Crippen molar-refractivity contribution in [1.29, 1.82) is 0 Å². The van der Waals surface area contributed by atoms with E-state index in [-0.39, 0.29) is 18.7 Å². The van der Waals surface area contributed by atoms with Crippen LogP contribution >= 0.6 is 11.6 Å². The number of benzene rings is 1. The molecule has 0 radical (unpaired) electrons. The third-order valence-electron chi connectivity index (χ3n) is 3.74. The van der Waals surface area contributed by atoms with E-state index in [1.54, 1.807) is 0 Å². The Hall–Kier alpha value is -1.26. The first-order chi connectivity index (χ1) is 10.1. The van der Waals surface area contributed by atoms with Crippen LogP contribution in [-0.2, 0) is 0 Å². The third-order valence-corrected chi connectivity index (χ3v) is 3.98. The van der Waals surface area contributed by atoms with Gasteiger partial charge in [-0.3, -0.25) is 0 Å². The molecule has 4 nitrogen and oxygen atoms in total. The molecule has 0 saturated heterocycles. The molecule has 2 N–H and O–H groups in total. The molecule has 1 aromatic carbocycles. The summed E-state index contributed by atoms with van der Waals surface area (Å²) in [6.07, 6.45) is 3.74. The fraction of sp³-hybridized carbons (Fsp3) is 0.562. The molecule has 0 heterocycles. The van der Waals surface area contributed by atoms with Crippen LogP contribution in [-0.4, -0.2) is 35.2 Å². The molecule has 1 unspecified atom stereocenters. The summed E-state index contributed by atoms with van der Waals surface area (Å²) < 4.78 is 0. The molecule has 1 aliphatic rings. The Morgan fingerprint density at radius 1 is 1.48 bits per heavy atom. The van der Waals surface area contributed by atoms with Gasteiger partial charge in [0.25, 0.3) is 0 Å². The summed E-state index contributed by atoms with van der Waals surface area (Å²) >= 11 is 5.99. The van der Waals surface area contributed by atoms with Crippen LogP contribution in [0.25, 0.3) is 0 Å². The minimum atomic E-state index is -0.0738. The van der Waals surface area contributed by atoms with Crippen molar-refractivity contribution in [2.75, 3.05) is 13.2 Å². The zero-order chi connectivity index (χ0) is 15.2. The van der Waals surface area contributed by atoms with E-state index in [4.69, 9.17) is 16.7 Å². The van der Waals surface area contributed by atoms with Gasteiger partial charge in [0, 0.05) is 24.2 Å². The van der Waals surface area contributed by atoms with Crippen LogP contribution in [0, 0.1) is 0 Å². The first kappa shape index (κ1) is 16.1. The Labute approximate surface area is 131 Å². The van der Waals surface area contributed by atoms with Crippen molar-refractivity contribution in [2.24, 2.45) is 0 Å². The number of aliphatic hydroxyl groups is 1. The van der Waals surface area contributed by atoms with Crippen LogP contribution in [0.3, 0.4) is 0 Å². The van der Waals surface area contributed by atoms with Crippen molar-refractivity contribution in [3.8, 4) is 0 Å². The predicted molar refractivity (Wildman–Crippen MR) is 84.4 cm³/mol. The number of halogens is 1. The smallest absolute Gasteiger partial charge is 0.318 e. The first-order valence-corrected chi connectivity index (χ1v) is 7.93. The second-order valence-corrected chi connectivity index (χ2v) is 6.02. The van der Waals surface area contributed by atoms with Crippen LogP contribution in [0.4, 0.5) is 4.79 Å². The van der Waals surface area contributed by atoms with Gasteiger partial charge in [-0.25, -0.2) is 4.79 Å². The normalized spacial score (nSPS) is 15.6. The number of amides is 2. The first-order valence-electron chi connectivity index (χ1n) is 7.55. The average Bonchev–Trinajstić information content (AvgIpc) is 3.28. The van der Waals surface area contributed by atoms with Gasteiger partial charge in [-0.1, -0.05) is 23.7 Å². The lowest BCUT2D eigenvalue weighted by molar-refractivity contribution is 0.187. The maximum atomic E-state index is 12.4. The molecule has 1 saturated carbocycles. The zero-order valence-electron chi connectivity index (χ0n) is 12.4. The highest BCUT2D eigenvalue weighted by Crippen LogP contribution is 2.27. The molecule has 0 bridgehead atoms. The minimum Gasteiger partial charge on any atom is -0.396 e. The lowest BCUT2D eigenvalue weighted by Gasteiger charge is -2.25. The predicted octanol–water partition coefficient (Wildman–Crippen LogP) is 3.35. The Morgan fingerprint density at radius 3 is 2.86 bits per heavy atom. The fourth-order valence-corrected chi connectivity index (χ4v) is 2.56. The molecule has 1 aromatic rings. The van der Waals surface area contributed by atoms with Crippen LogP contribution in [0.2, 0.25) is 5.02 Å². The van der Waals surface area contributed by atoms with Crippen molar-refractivity contribution in [1.82, 2.24) is 10.2 Å². The van der Waals surface area contributed by atoms with Gasteiger partial charge >= 0.3 is 6.03 Å². The number of hydrogen-bond donors (Lipinski definition) is 2. The number of nitrogens with one attached hydrogen (secondary N) is 1. The summed E-state index contributed by atoms with van der Waals surface area (Å²) in [6, 6.07) is 7.82. The second kappa shape index (κ2) is 7.66. The lowest BCUT2D eigenvalue weighted by Crippen LogP contribution is -2.42. The monoisotopic (exact) mass is 310 g/mol. The Bertz CT molecular complexity index is 477. The molecule has 1 atom stereocenters. The quantitative estimate of drug-likeness (QED) is 0.759. The van der Waals surface area contributed by atoms with Crippen LogP contribution in [0.5, 0.6) is 0 Å². The number of carbonyl (C=O) groups is 1. The highest BCUT2D eigenvalue weighted by atomic mass is 35.5. The van der Waals surface area contributed by atoms with E-state index in [1.807, 2.05) is 36.1 Å². The molecule has 1 aliphatic carbocycles. The van der Waals surface area contributed by atoms with Crippen molar-refractivity contribution >= 4 is 17.6 Å². The second-order valence-electron chi connectivity index (χ2n) is 5.58. The molecule has 0 aromatic heterocycles. The van der Waals surface area contributed by atoms with E-state index in [0.717, 1.165) is 31.2 Å². The molecular formula is C16H23ClN2O2. The Morgan fingerprint density at radius 2 is 2.24 bits per heavy atom. The minimum absolute atomic E-state index is 0.0251. The van der Waals surface area contributed by atoms with E-state index in [2.05, 4.69) is 5.32 Å². The Kier molecular flexibility index (Phi) is 5.88. The molecule has 0 aliphatic heterocycles. The number of urea groups is 1. The van der Waals surface area contributed by atoms with Crippen LogP contribution in [0.1, 0.15) is 44.2 Å². The molecule has 2 rings (SSSR count). The van der Waals surface area contributed by atoms with E-state index in [1.165, 1.54) is 0 Å². The molecule has 116 valence electrons. The number of aliphatic hydroxyl groups excluding tert-OH is 1. The highest BCUT2D eigenvalue weighted by Gasteiger charge is 2.32. The zero-order valence-corrected chi connectivity index (χ0v) is 13.1. The van der Waals surface area contributed by atoms with Gasteiger partial charge in [0.15, 0.2) is 0 Å². The Balaban J connectivity index is 1.91. The van der Waals surface area contributed by atoms with Crippen LogP contribution in [0.15, 0.2) is 24.3 Å². The number of unbranched alkanes of at least 4 members (excludes halogenated alkanes) is 1. The fourth-order valence-electron chi connectivity index (χ4n) is 2.36. The lowest BCUT2D eigenvalue weighted by atomic mass is 10.1. The third kappa shape index (κ3) is 4.90. The van der Waals surface area contributed by atoms with E-state index in [0.29, 0.717) is 17.6 Å². The van der Waals surface area contributed by atoms with Crippen LogP contribution < -0.4 is 5.32 Å². The number of nitrogens with zero attached hydrogens (tertiary/aromatic N) is 1. The highest BCUT2D eigenvalue weighted by molar-refractivity contribution is 6.30. The van der Waals surface area contributed by atoms with Gasteiger partial charge < -0.3 is 15.3 Å². The summed E-state index contributed by atoms with van der Waals surface area (Å²) in [4.78, 5) is 14.3. The number of carbonyl (C=O) groups excluding carboxylic acids is 1. The maximum absolute atomic E-state index is 12.4. The van der Waals surface area contributed by atoms with Gasteiger partial charge in [-0.15, -0.1) is 0 Å². The molecule has 5 heteroatoms. The van der Waals surface area contributed by atoms with Gasteiger partial charge in [0.1, 0.15) is 0 Å². The van der Waals surface area contributed by atoms with Crippen molar-refractivity contribution < 1.29 is 9.90 Å². The van der Waals surface area contributed by atoms with E-state index >= 15 is 0 Å². The summed E-state index contributed by atoms with van der Waals surface area (Å²) in [5.74, 6) is 0. The van der Waals surface area contributed by atoms with Gasteiger partial charge in [0.05, 0.1) is 6.04 Å². The largest absolute Gasteiger partial charge is 0.396 e. The van der Waals surface area contributed by atoms with Crippen molar-refractivity contribution in [2.45, 2.75) is 44.7 Å². The van der Waals surface area contributed by atoms with E-state index in [9.17, 15) is 4.79 Å². The average molecular weight is 311 g/mol. The van der Waals surface area contributed by atoms with E-state index < -0.39 is 0 Å². The maximum Gasteiger partial charge on any atom is 0.318 e. The van der Waals surface area contributed by atoms with Gasteiger partial charge in [-0.2, -0.15) is 0 Å². The molecule has 2 amide bonds. The summed E-state index contributed by atoms with van der Waals surface area (Å²) in [5, 5.41) is 12.6. The number of rotatable bonds is 7. The van der Waals surface area contributed by atoms with Gasteiger partial charge in [0.2, 0.25) is 0 Å². The standard InChI is InChI=1S/C16H23ClN2O2/c1-12(13-5-4-6-14(17)11-13)18-16(21)19(15-7-8-15)9-2-3-10-20/h4-6,11-12,15,20H,2-3,7-10H2,1H3,(H,18,21). The topological polar surface area (TPSA) is 52.6 Å². The molecule has 1 fully saturated rings. The molecular weight excluding hydrogens is 288 g/mol. The number of hydrogen-bond acceptors (Lipinski definition) is 2. The summed E-state index contributed by atoms with van der Waals surface area (Å²) in [5.41, 5.74) is 1.00. The molecule has 0 spiro atoms. The SMILES string of the molecule is CC(NC(=O)N(CCCCO)C1CC1)c1cccc(Cl)c1.